The van der Waals surface area contributed by atoms with Crippen LogP contribution in [0.1, 0.15) is 16.7 Å². The van der Waals surface area contributed by atoms with E-state index in [1.54, 1.807) is 12.1 Å². The Kier molecular flexibility index (Phi) is 5.12. The zero-order valence-electron chi connectivity index (χ0n) is 11.6. The molecule has 2 aromatic rings. The topological polar surface area (TPSA) is 37.3 Å². The van der Waals surface area contributed by atoms with Crippen LogP contribution in [-0.2, 0) is 17.6 Å². The van der Waals surface area contributed by atoms with Gasteiger partial charge in [-0.2, -0.15) is 0 Å². The number of carboxylic acid groups (broad SMARTS) is 1. The van der Waals surface area contributed by atoms with E-state index < -0.39 is 11.9 Å². The highest BCUT2D eigenvalue weighted by Crippen LogP contribution is 2.24. The van der Waals surface area contributed by atoms with Crippen molar-refractivity contribution in [3.8, 4) is 0 Å². The normalized spacial score (nSPS) is 12.1. The van der Waals surface area contributed by atoms with Crippen LogP contribution < -0.4 is 0 Å². The van der Waals surface area contributed by atoms with E-state index in [4.69, 9.17) is 0 Å². The molecular weight excluding hydrogens is 335 g/mol. The Balaban J connectivity index is 2.18. The third-order valence-electron chi connectivity index (χ3n) is 3.45. The van der Waals surface area contributed by atoms with Gasteiger partial charge in [-0.3, -0.25) is 4.79 Å². The summed E-state index contributed by atoms with van der Waals surface area (Å²) in [5.41, 5.74) is 2.79. The molecule has 0 spiro atoms. The second kappa shape index (κ2) is 6.85. The molecule has 1 N–H and O–H groups in total. The molecule has 0 amide bonds. The minimum atomic E-state index is -0.869. The zero-order valence-corrected chi connectivity index (χ0v) is 13.2. The molecule has 21 heavy (non-hydrogen) atoms. The lowest BCUT2D eigenvalue weighted by Crippen LogP contribution is -2.19. The average Bonchev–Trinajstić information content (AvgIpc) is 2.45. The Morgan fingerprint density at radius 1 is 1.19 bits per heavy atom. The highest BCUT2D eigenvalue weighted by atomic mass is 79.9. The van der Waals surface area contributed by atoms with Gasteiger partial charge in [-0.25, -0.2) is 4.39 Å². The first-order valence-corrected chi connectivity index (χ1v) is 7.48. The first kappa shape index (κ1) is 15.7. The molecule has 0 aromatic heterocycles. The Morgan fingerprint density at radius 3 is 2.48 bits per heavy atom. The standard InChI is InChI=1S/C17H16BrFO2/c1-11-5-7-12(8-6-11)9-14(17(20)21)10-13-3-2-4-15(19)16(13)18/h2-8,14H,9-10H2,1H3,(H,20,21). The maximum atomic E-state index is 13.5. The lowest BCUT2D eigenvalue weighted by atomic mass is 9.92. The van der Waals surface area contributed by atoms with Crippen LogP contribution in [0, 0.1) is 18.7 Å². The first-order valence-electron chi connectivity index (χ1n) is 6.68. The van der Waals surface area contributed by atoms with Crippen molar-refractivity contribution in [1.29, 1.82) is 0 Å². The molecular formula is C17H16BrFO2. The molecule has 1 unspecified atom stereocenters. The zero-order chi connectivity index (χ0) is 15.4. The van der Waals surface area contributed by atoms with E-state index in [0.717, 1.165) is 11.1 Å². The van der Waals surface area contributed by atoms with Crippen molar-refractivity contribution in [2.75, 3.05) is 0 Å². The second-order valence-corrected chi connectivity index (χ2v) is 5.93. The van der Waals surface area contributed by atoms with E-state index in [0.29, 0.717) is 22.9 Å². The van der Waals surface area contributed by atoms with Crippen LogP contribution >= 0.6 is 15.9 Å². The van der Waals surface area contributed by atoms with Crippen molar-refractivity contribution < 1.29 is 14.3 Å². The molecule has 0 aliphatic carbocycles. The highest BCUT2D eigenvalue weighted by molar-refractivity contribution is 9.10. The van der Waals surface area contributed by atoms with Crippen LogP contribution in [0.15, 0.2) is 46.9 Å². The molecule has 0 saturated carbocycles. The lowest BCUT2D eigenvalue weighted by Gasteiger charge is -2.14. The number of carboxylic acids is 1. The molecule has 0 aliphatic heterocycles. The summed E-state index contributed by atoms with van der Waals surface area (Å²) < 4.78 is 13.9. The fourth-order valence-electron chi connectivity index (χ4n) is 2.23. The van der Waals surface area contributed by atoms with Gasteiger partial charge in [0.1, 0.15) is 5.82 Å². The Morgan fingerprint density at radius 2 is 1.86 bits per heavy atom. The average molecular weight is 351 g/mol. The first-order chi connectivity index (χ1) is 9.97. The number of benzene rings is 2. The van der Waals surface area contributed by atoms with Crippen molar-refractivity contribution in [2.24, 2.45) is 5.92 Å². The molecule has 0 saturated heterocycles. The van der Waals surface area contributed by atoms with Crippen LogP contribution in [0.25, 0.3) is 0 Å². The summed E-state index contributed by atoms with van der Waals surface area (Å²) in [6.45, 7) is 1.99. The molecule has 4 heteroatoms. The van der Waals surface area contributed by atoms with E-state index in [1.165, 1.54) is 6.07 Å². The van der Waals surface area contributed by atoms with Crippen LogP contribution in [0.2, 0.25) is 0 Å². The van der Waals surface area contributed by atoms with Gasteiger partial charge in [-0.05, 0) is 52.9 Å². The number of halogens is 2. The van der Waals surface area contributed by atoms with Gasteiger partial charge in [0.2, 0.25) is 0 Å². The Bertz CT molecular complexity index is 638. The summed E-state index contributed by atoms with van der Waals surface area (Å²) in [5, 5.41) is 9.40. The van der Waals surface area contributed by atoms with Gasteiger partial charge in [0.05, 0.1) is 10.4 Å². The van der Waals surface area contributed by atoms with Gasteiger partial charge < -0.3 is 5.11 Å². The van der Waals surface area contributed by atoms with E-state index in [2.05, 4.69) is 15.9 Å². The van der Waals surface area contributed by atoms with Crippen molar-refractivity contribution in [3.63, 3.8) is 0 Å². The maximum Gasteiger partial charge on any atom is 0.307 e. The maximum absolute atomic E-state index is 13.5. The molecule has 2 rings (SSSR count). The molecule has 0 fully saturated rings. The van der Waals surface area contributed by atoms with Crippen molar-refractivity contribution in [3.05, 3.63) is 69.4 Å². The van der Waals surface area contributed by atoms with Crippen LogP contribution in [0.5, 0.6) is 0 Å². The van der Waals surface area contributed by atoms with Crippen LogP contribution in [0.4, 0.5) is 4.39 Å². The minimum absolute atomic E-state index is 0.293. The molecule has 1 atom stereocenters. The number of hydrogen-bond donors (Lipinski definition) is 1. The number of aryl methyl sites for hydroxylation is 1. The third kappa shape index (κ3) is 4.14. The summed E-state index contributed by atoms with van der Waals surface area (Å²) >= 11 is 3.18. The smallest absolute Gasteiger partial charge is 0.307 e. The Hall–Kier alpha value is -1.68. The molecule has 110 valence electrons. The van der Waals surface area contributed by atoms with Gasteiger partial charge >= 0.3 is 5.97 Å². The van der Waals surface area contributed by atoms with E-state index in [9.17, 15) is 14.3 Å². The minimum Gasteiger partial charge on any atom is -0.481 e. The van der Waals surface area contributed by atoms with Crippen LogP contribution in [0.3, 0.4) is 0 Å². The lowest BCUT2D eigenvalue weighted by molar-refractivity contribution is -0.141. The number of aliphatic carboxylic acids is 1. The molecule has 0 aliphatic rings. The number of rotatable bonds is 5. The quantitative estimate of drug-likeness (QED) is 0.868. The van der Waals surface area contributed by atoms with Gasteiger partial charge in [0, 0.05) is 0 Å². The van der Waals surface area contributed by atoms with Crippen molar-refractivity contribution in [2.45, 2.75) is 19.8 Å². The fourth-order valence-corrected chi connectivity index (χ4v) is 2.65. The molecule has 0 heterocycles. The number of carbonyl (C=O) groups is 1. The van der Waals surface area contributed by atoms with Crippen molar-refractivity contribution >= 4 is 21.9 Å². The predicted molar refractivity (Wildman–Crippen MR) is 83.8 cm³/mol. The summed E-state index contributed by atoms with van der Waals surface area (Å²) in [4.78, 5) is 11.5. The summed E-state index contributed by atoms with van der Waals surface area (Å²) in [5.74, 6) is -1.82. The van der Waals surface area contributed by atoms with Gasteiger partial charge in [-0.1, -0.05) is 42.0 Å². The van der Waals surface area contributed by atoms with E-state index >= 15 is 0 Å². The molecule has 0 radical (unpaired) electrons. The molecule has 2 nitrogen and oxygen atoms in total. The summed E-state index contributed by atoms with van der Waals surface area (Å²) in [6.07, 6.45) is 0.722. The Labute approximate surface area is 131 Å². The van der Waals surface area contributed by atoms with E-state index in [-0.39, 0.29) is 5.82 Å². The van der Waals surface area contributed by atoms with E-state index in [1.807, 2.05) is 31.2 Å². The predicted octanol–water partition coefficient (Wildman–Crippen LogP) is 4.38. The monoisotopic (exact) mass is 350 g/mol. The SMILES string of the molecule is Cc1ccc(CC(Cc2cccc(F)c2Br)C(=O)O)cc1. The number of hydrogen-bond acceptors (Lipinski definition) is 1. The van der Waals surface area contributed by atoms with Gasteiger partial charge in [0.15, 0.2) is 0 Å². The summed E-state index contributed by atoms with van der Waals surface area (Å²) in [7, 11) is 0. The fraction of sp³-hybridized carbons (Fsp3) is 0.235. The van der Waals surface area contributed by atoms with Gasteiger partial charge in [-0.15, -0.1) is 0 Å². The molecule has 2 aromatic carbocycles. The molecule has 0 bridgehead atoms. The third-order valence-corrected chi connectivity index (χ3v) is 4.34. The summed E-state index contributed by atoms with van der Waals surface area (Å²) in [6, 6.07) is 12.5. The highest BCUT2D eigenvalue weighted by Gasteiger charge is 2.20. The second-order valence-electron chi connectivity index (χ2n) is 5.14. The largest absolute Gasteiger partial charge is 0.481 e. The van der Waals surface area contributed by atoms with Crippen LogP contribution in [-0.4, -0.2) is 11.1 Å². The van der Waals surface area contributed by atoms with Gasteiger partial charge in [0.25, 0.3) is 0 Å². The van der Waals surface area contributed by atoms with Crippen molar-refractivity contribution in [1.82, 2.24) is 0 Å².